The first-order valence-corrected chi connectivity index (χ1v) is 11.3. The summed E-state index contributed by atoms with van der Waals surface area (Å²) in [5.41, 5.74) is 5.11. The van der Waals surface area contributed by atoms with Crippen molar-refractivity contribution in [2.75, 3.05) is 17.3 Å². The van der Waals surface area contributed by atoms with Crippen molar-refractivity contribution in [2.45, 2.75) is 20.0 Å². The van der Waals surface area contributed by atoms with E-state index >= 15 is 0 Å². The second kappa shape index (κ2) is 9.13. The van der Waals surface area contributed by atoms with Gasteiger partial charge in [-0.2, -0.15) is 5.10 Å². The SMILES string of the molecule is Cc1nn(C)c(C)c1NC(=S)NC1N=C(c2ccccc2Cl)c2cc(Cl)ccc2N(C)C1=O. The third kappa shape index (κ3) is 4.46. The van der Waals surface area contributed by atoms with Crippen molar-refractivity contribution in [1.82, 2.24) is 15.1 Å². The van der Waals surface area contributed by atoms with Crippen molar-refractivity contribution in [2.24, 2.45) is 12.0 Å². The van der Waals surface area contributed by atoms with Gasteiger partial charge < -0.3 is 15.5 Å². The maximum atomic E-state index is 13.4. The Kier molecular flexibility index (Phi) is 6.43. The monoisotopic (exact) mass is 500 g/mol. The summed E-state index contributed by atoms with van der Waals surface area (Å²) in [5, 5.41) is 11.9. The van der Waals surface area contributed by atoms with Gasteiger partial charge in [-0.15, -0.1) is 0 Å². The van der Waals surface area contributed by atoms with Crippen LogP contribution >= 0.6 is 35.4 Å². The van der Waals surface area contributed by atoms with E-state index in [9.17, 15) is 4.79 Å². The largest absolute Gasteiger partial charge is 0.333 e. The lowest BCUT2D eigenvalue weighted by molar-refractivity contribution is -0.119. The third-order valence-electron chi connectivity index (χ3n) is 5.54. The van der Waals surface area contributed by atoms with Crippen molar-refractivity contribution in [3.8, 4) is 0 Å². The molecule has 2 aromatic carbocycles. The van der Waals surface area contributed by atoms with Gasteiger partial charge in [0.25, 0.3) is 5.91 Å². The Bertz CT molecular complexity index is 1300. The fourth-order valence-electron chi connectivity index (χ4n) is 3.74. The first-order chi connectivity index (χ1) is 15.7. The zero-order valence-electron chi connectivity index (χ0n) is 18.5. The molecule has 1 aromatic heterocycles. The van der Waals surface area contributed by atoms with Crippen LogP contribution in [-0.4, -0.2) is 39.7 Å². The van der Waals surface area contributed by atoms with Crippen LogP contribution < -0.4 is 15.5 Å². The number of aliphatic imine (C=N–C) groups is 1. The minimum atomic E-state index is -0.982. The Balaban J connectivity index is 1.76. The van der Waals surface area contributed by atoms with E-state index in [4.69, 9.17) is 40.4 Å². The average molecular weight is 501 g/mol. The average Bonchev–Trinajstić information content (AvgIpc) is 2.96. The predicted molar refractivity (Wildman–Crippen MR) is 138 cm³/mol. The second-order valence-corrected chi connectivity index (χ2v) is 8.94. The number of benzene rings is 2. The normalized spacial score (nSPS) is 15.6. The molecule has 1 atom stereocenters. The Labute approximate surface area is 207 Å². The predicted octanol–water partition coefficient (Wildman–Crippen LogP) is 4.47. The number of hydrogen-bond donors (Lipinski definition) is 2. The van der Waals surface area contributed by atoms with Crippen molar-refractivity contribution >= 4 is 63.5 Å². The number of fused-ring (bicyclic) bond motifs is 1. The van der Waals surface area contributed by atoms with Crippen LogP contribution in [-0.2, 0) is 11.8 Å². The van der Waals surface area contributed by atoms with Gasteiger partial charge in [0.05, 0.1) is 28.5 Å². The van der Waals surface area contributed by atoms with E-state index in [1.807, 2.05) is 39.1 Å². The lowest BCUT2D eigenvalue weighted by Gasteiger charge is -2.22. The van der Waals surface area contributed by atoms with Gasteiger partial charge in [-0.05, 0) is 50.3 Å². The number of halogens is 2. The van der Waals surface area contributed by atoms with E-state index in [0.717, 1.165) is 17.1 Å². The lowest BCUT2D eigenvalue weighted by atomic mass is 10.00. The number of amides is 1. The smallest absolute Gasteiger partial charge is 0.272 e. The first kappa shape index (κ1) is 23.2. The standard InChI is InChI=1S/C23H22Cl2N6OS/c1-12-19(13(2)31(4)29-12)27-23(33)28-21-22(32)30(3)18-10-9-14(24)11-16(18)20(26-21)15-7-5-6-8-17(15)25/h5-11,21H,1-4H3,(H2,27,28,33). The first-order valence-electron chi connectivity index (χ1n) is 10.1. The maximum absolute atomic E-state index is 13.4. The zero-order valence-corrected chi connectivity index (χ0v) is 20.8. The highest BCUT2D eigenvalue weighted by atomic mass is 35.5. The van der Waals surface area contributed by atoms with Crippen LogP contribution in [0.25, 0.3) is 0 Å². The van der Waals surface area contributed by atoms with E-state index in [-0.39, 0.29) is 11.0 Å². The number of likely N-dealkylation sites (N-methyl/N-ethyl adjacent to an activating group) is 1. The minimum Gasteiger partial charge on any atom is -0.333 e. The minimum absolute atomic E-state index is 0.257. The maximum Gasteiger partial charge on any atom is 0.272 e. The molecule has 0 fully saturated rings. The van der Waals surface area contributed by atoms with E-state index < -0.39 is 6.17 Å². The van der Waals surface area contributed by atoms with Crippen molar-refractivity contribution in [1.29, 1.82) is 0 Å². The highest BCUT2D eigenvalue weighted by Crippen LogP contribution is 2.32. The number of nitrogens with zero attached hydrogens (tertiary/aromatic N) is 4. The van der Waals surface area contributed by atoms with Crippen LogP contribution in [0.4, 0.5) is 11.4 Å². The molecular weight excluding hydrogens is 479 g/mol. The molecular formula is C23H22Cl2N6OS. The number of thiocarbonyl (C=S) groups is 1. The second-order valence-electron chi connectivity index (χ2n) is 7.69. The number of aryl methyl sites for hydroxylation is 2. The van der Waals surface area contributed by atoms with Crippen molar-refractivity contribution < 1.29 is 4.79 Å². The number of carbonyl (C=O) groups excluding carboxylic acids is 1. The molecule has 1 aliphatic heterocycles. The summed E-state index contributed by atoms with van der Waals surface area (Å²) in [5.74, 6) is -0.274. The summed E-state index contributed by atoms with van der Waals surface area (Å²) < 4.78 is 1.76. The Morgan fingerprint density at radius 1 is 1.09 bits per heavy atom. The Morgan fingerprint density at radius 3 is 2.48 bits per heavy atom. The molecule has 10 heteroatoms. The molecule has 2 heterocycles. The lowest BCUT2D eigenvalue weighted by Crippen LogP contribution is -2.47. The summed E-state index contributed by atoms with van der Waals surface area (Å²) in [6.45, 7) is 3.82. The van der Waals surface area contributed by atoms with Gasteiger partial charge in [0.1, 0.15) is 0 Å². The molecule has 3 aromatic rings. The van der Waals surface area contributed by atoms with Crippen LogP contribution in [0.3, 0.4) is 0 Å². The Morgan fingerprint density at radius 2 is 1.82 bits per heavy atom. The molecule has 1 aliphatic rings. The van der Waals surface area contributed by atoms with Gasteiger partial charge in [-0.1, -0.05) is 41.4 Å². The summed E-state index contributed by atoms with van der Waals surface area (Å²) >= 11 is 18.3. The molecule has 0 spiro atoms. The van der Waals surface area contributed by atoms with Gasteiger partial charge in [0, 0.05) is 35.3 Å². The van der Waals surface area contributed by atoms with Crippen LogP contribution in [0, 0.1) is 13.8 Å². The van der Waals surface area contributed by atoms with Gasteiger partial charge >= 0.3 is 0 Å². The highest BCUT2D eigenvalue weighted by Gasteiger charge is 2.31. The van der Waals surface area contributed by atoms with E-state index in [2.05, 4.69) is 15.7 Å². The number of benzodiazepines with no additional fused rings is 1. The molecule has 1 amide bonds. The summed E-state index contributed by atoms with van der Waals surface area (Å²) in [7, 11) is 3.55. The van der Waals surface area contributed by atoms with Crippen LogP contribution in [0.1, 0.15) is 22.5 Å². The zero-order chi connectivity index (χ0) is 23.9. The molecule has 0 radical (unpaired) electrons. The number of anilines is 2. The molecule has 0 aliphatic carbocycles. The van der Waals surface area contributed by atoms with E-state index in [1.165, 1.54) is 0 Å². The van der Waals surface area contributed by atoms with Crippen molar-refractivity contribution in [3.63, 3.8) is 0 Å². The van der Waals surface area contributed by atoms with Crippen LogP contribution in [0.2, 0.25) is 10.0 Å². The van der Waals surface area contributed by atoms with Gasteiger partial charge in [0.2, 0.25) is 6.17 Å². The summed E-state index contributed by atoms with van der Waals surface area (Å²) in [4.78, 5) is 19.7. The summed E-state index contributed by atoms with van der Waals surface area (Å²) in [6.07, 6.45) is -0.982. The number of hydrogen-bond acceptors (Lipinski definition) is 4. The highest BCUT2D eigenvalue weighted by molar-refractivity contribution is 7.80. The topological polar surface area (TPSA) is 74.6 Å². The molecule has 33 heavy (non-hydrogen) atoms. The van der Waals surface area contributed by atoms with E-state index in [0.29, 0.717) is 32.6 Å². The number of rotatable bonds is 3. The van der Waals surface area contributed by atoms with E-state index in [1.54, 1.807) is 40.9 Å². The number of nitrogens with one attached hydrogen (secondary N) is 2. The summed E-state index contributed by atoms with van der Waals surface area (Å²) in [6, 6.07) is 12.7. The Hall–Kier alpha value is -2.94. The van der Waals surface area contributed by atoms with Crippen LogP contribution in [0.5, 0.6) is 0 Å². The third-order valence-corrected chi connectivity index (χ3v) is 6.33. The van der Waals surface area contributed by atoms with Crippen LogP contribution in [0.15, 0.2) is 47.5 Å². The molecule has 7 nitrogen and oxygen atoms in total. The fraction of sp³-hybridized carbons (Fsp3) is 0.217. The fourth-order valence-corrected chi connectivity index (χ4v) is 4.35. The quantitative estimate of drug-likeness (QED) is 0.518. The molecule has 2 N–H and O–H groups in total. The molecule has 0 bridgehead atoms. The molecule has 0 saturated heterocycles. The van der Waals surface area contributed by atoms with Gasteiger partial charge in [-0.3, -0.25) is 9.48 Å². The van der Waals surface area contributed by atoms with Gasteiger partial charge in [-0.25, -0.2) is 4.99 Å². The number of carbonyl (C=O) groups is 1. The number of aromatic nitrogens is 2. The van der Waals surface area contributed by atoms with Gasteiger partial charge in [0.15, 0.2) is 5.11 Å². The van der Waals surface area contributed by atoms with Crippen molar-refractivity contribution in [3.05, 3.63) is 75.0 Å². The molecule has 4 rings (SSSR count). The molecule has 170 valence electrons. The molecule has 1 unspecified atom stereocenters. The molecule has 0 saturated carbocycles.